The Balaban J connectivity index is 1.47. The van der Waals surface area contributed by atoms with Crippen molar-refractivity contribution >= 4 is 5.91 Å². The lowest BCUT2D eigenvalue weighted by atomic mass is 10.1. The molecule has 0 saturated carbocycles. The number of nitrogens with zero attached hydrogens (tertiary/aromatic N) is 2. The molecule has 0 fully saturated rings. The highest BCUT2D eigenvalue weighted by molar-refractivity contribution is 5.94. The molecule has 0 unspecified atom stereocenters. The van der Waals surface area contributed by atoms with Crippen LogP contribution in [-0.4, -0.2) is 22.2 Å². The number of aromatic nitrogens is 2. The van der Waals surface area contributed by atoms with Crippen molar-refractivity contribution in [2.24, 2.45) is 0 Å². The fraction of sp³-hybridized carbons (Fsp3) is 0.238. The van der Waals surface area contributed by atoms with Crippen LogP contribution in [0, 0.1) is 0 Å². The average molecular weight is 344 g/mol. The van der Waals surface area contributed by atoms with Crippen molar-refractivity contribution in [2.75, 3.05) is 6.54 Å². The Morgan fingerprint density at radius 2 is 1.77 bits per heavy atom. The van der Waals surface area contributed by atoms with Crippen LogP contribution in [-0.2, 0) is 13.1 Å². The Morgan fingerprint density at radius 3 is 2.50 bits per heavy atom. The first-order valence-corrected chi connectivity index (χ1v) is 9.08. The second-order valence-electron chi connectivity index (χ2n) is 6.86. The Hall–Kier alpha value is -2.92. The third kappa shape index (κ3) is 2.44. The van der Waals surface area contributed by atoms with Crippen LogP contribution in [0.15, 0.2) is 54.6 Å². The van der Waals surface area contributed by atoms with E-state index < -0.39 is 0 Å². The summed E-state index contributed by atoms with van der Waals surface area (Å²) >= 11 is 0. The van der Waals surface area contributed by atoms with Gasteiger partial charge in [-0.25, -0.2) is 0 Å². The maximum absolute atomic E-state index is 12.9. The molecule has 0 spiro atoms. The topological polar surface area (TPSA) is 59.0 Å². The Labute approximate surface area is 152 Å². The number of hydrogen-bond acceptors (Lipinski definition) is 3. The summed E-state index contributed by atoms with van der Waals surface area (Å²) in [6.45, 7) is 2.60. The zero-order chi connectivity index (χ0) is 17.5. The van der Waals surface area contributed by atoms with Gasteiger partial charge in [0.05, 0.1) is 11.7 Å². The van der Waals surface area contributed by atoms with E-state index in [1.807, 2.05) is 35.0 Å². The summed E-state index contributed by atoms with van der Waals surface area (Å²) in [5.74, 6) is -0.123. The lowest BCUT2D eigenvalue weighted by Crippen LogP contribution is -2.28. The molecular weight excluding hydrogens is 324 g/mol. The minimum atomic E-state index is -0.130. The van der Waals surface area contributed by atoms with Gasteiger partial charge in [0.2, 0.25) is 0 Å². The van der Waals surface area contributed by atoms with Gasteiger partial charge in [-0.15, -0.1) is 0 Å². The van der Waals surface area contributed by atoms with Gasteiger partial charge in [0, 0.05) is 13.1 Å². The number of carbonyl (C=O) groups is 1. The molecule has 1 aliphatic carbocycles. The van der Waals surface area contributed by atoms with Crippen LogP contribution in [0.5, 0.6) is 0 Å². The highest BCUT2D eigenvalue weighted by Gasteiger charge is 2.30. The first-order valence-electron chi connectivity index (χ1n) is 9.08. The number of aryl methyl sites for hydroxylation is 1. The molecule has 0 saturated heterocycles. The molecule has 3 aromatic rings. The summed E-state index contributed by atoms with van der Waals surface area (Å²) < 4.78 is 1.95. The van der Waals surface area contributed by atoms with Crippen molar-refractivity contribution in [3.05, 3.63) is 77.1 Å². The number of carbonyl (C=O) groups excluding carboxylic acids is 1. The van der Waals surface area contributed by atoms with Crippen LogP contribution in [0.4, 0.5) is 0 Å². The van der Waals surface area contributed by atoms with E-state index in [4.69, 9.17) is 0 Å². The molecule has 2 aliphatic rings. The molecule has 1 aliphatic heterocycles. The number of rotatable bonds is 2. The predicted molar refractivity (Wildman–Crippen MR) is 99.7 cm³/mol. The predicted octanol–water partition coefficient (Wildman–Crippen LogP) is 2.88. The molecule has 1 aromatic heterocycles. The molecule has 0 bridgehead atoms. The Kier molecular flexibility index (Phi) is 3.60. The number of amides is 1. The standard InChI is InChI=1S/C21H20N4O/c26-21(19-12-14-13-22-10-5-11-25(14)24-19)23-20-17-8-3-1-6-15(17)16-7-2-4-9-18(16)20/h1-4,6-9,12,20,22H,5,10-11,13H2,(H,23,26). The van der Waals surface area contributed by atoms with Crippen molar-refractivity contribution < 1.29 is 4.79 Å². The number of nitrogens with one attached hydrogen (secondary N) is 2. The monoisotopic (exact) mass is 344 g/mol. The average Bonchev–Trinajstić information content (AvgIpc) is 3.14. The molecule has 0 atom stereocenters. The van der Waals surface area contributed by atoms with E-state index in [1.165, 1.54) is 11.1 Å². The summed E-state index contributed by atoms with van der Waals surface area (Å²) in [6, 6.07) is 18.3. The summed E-state index contributed by atoms with van der Waals surface area (Å²) in [5.41, 5.74) is 6.23. The van der Waals surface area contributed by atoms with Crippen molar-refractivity contribution in [2.45, 2.75) is 25.6 Å². The summed E-state index contributed by atoms with van der Waals surface area (Å²) in [7, 11) is 0. The van der Waals surface area contributed by atoms with Gasteiger partial charge in [-0.3, -0.25) is 9.48 Å². The zero-order valence-corrected chi connectivity index (χ0v) is 14.4. The third-order valence-corrected chi connectivity index (χ3v) is 5.23. The summed E-state index contributed by atoms with van der Waals surface area (Å²) in [5, 5.41) is 11.1. The van der Waals surface area contributed by atoms with Crippen LogP contribution >= 0.6 is 0 Å². The van der Waals surface area contributed by atoms with E-state index in [0.29, 0.717) is 5.69 Å². The van der Waals surface area contributed by atoms with Gasteiger partial charge >= 0.3 is 0 Å². The molecule has 26 heavy (non-hydrogen) atoms. The van der Waals surface area contributed by atoms with Gasteiger partial charge in [-0.05, 0) is 41.3 Å². The van der Waals surface area contributed by atoms with Gasteiger partial charge in [0.25, 0.3) is 5.91 Å². The van der Waals surface area contributed by atoms with E-state index in [0.717, 1.165) is 42.9 Å². The zero-order valence-electron chi connectivity index (χ0n) is 14.4. The molecule has 130 valence electrons. The van der Waals surface area contributed by atoms with Gasteiger partial charge in [0.1, 0.15) is 0 Å². The van der Waals surface area contributed by atoms with Crippen molar-refractivity contribution in [1.29, 1.82) is 0 Å². The fourth-order valence-electron chi connectivity index (χ4n) is 3.99. The van der Waals surface area contributed by atoms with Crippen LogP contribution in [0.25, 0.3) is 11.1 Å². The van der Waals surface area contributed by atoms with Crippen LogP contribution < -0.4 is 10.6 Å². The van der Waals surface area contributed by atoms with E-state index in [2.05, 4.69) is 40.0 Å². The molecule has 2 aromatic carbocycles. The lowest BCUT2D eigenvalue weighted by molar-refractivity contribution is 0.0937. The fourth-order valence-corrected chi connectivity index (χ4v) is 3.99. The van der Waals surface area contributed by atoms with Gasteiger partial charge < -0.3 is 10.6 Å². The number of fused-ring (bicyclic) bond motifs is 4. The van der Waals surface area contributed by atoms with Gasteiger partial charge in [-0.1, -0.05) is 48.5 Å². The first-order chi connectivity index (χ1) is 12.8. The van der Waals surface area contributed by atoms with Crippen molar-refractivity contribution in [1.82, 2.24) is 20.4 Å². The molecule has 2 heterocycles. The minimum Gasteiger partial charge on any atom is -0.340 e. The second kappa shape index (κ2) is 6.11. The quantitative estimate of drug-likeness (QED) is 0.751. The van der Waals surface area contributed by atoms with E-state index >= 15 is 0 Å². The smallest absolute Gasteiger partial charge is 0.272 e. The van der Waals surface area contributed by atoms with E-state index in [1.54, 1.807) is 0 Å². The lowest BCUT2D eigenvalue weighted by Gasteiger charge is -2.15. The van der Waals surface area contributed by atoms with Crippen LogP contribution in [0.1, 0.15) is 39.8 Å². The Morgan fingerprint density at radius 1 is 1.08 bits per heavy atom. The highest BCUT2D eigenvalue weighted by atomic mass is 16.2. The third-order valence-electron chi connectivity index (χ3n) is 5.23. The van der Waals surface area contributed by atoms with Crippen LogP contribution in [0.3, 0.4) is 0 Å². The SMILES string of the molecule is O=C(NC1c2ccccc2-c2ccccc21)c1cc2n(n1)CCCNC2. The molecule has 5 rings (SSSR count). The normalized spacial score (nSPS) is 15.7. The van der Waals surface area contributed by atoms with E-state index in [-0.39, 0.29) is 11.9 Å². The van der Waals surface area contributed by atoms with Gasteiger partial charge in [-0.2, -0.15) is 5.10 Å². The summed E-state index contributed by atoms with van der Waals surface area (Å²) in [4.78, 5) is 12.9. The van der Waals surface area contributed by atoms with E-state index in [9.17, 15) is 4.79 Å². The Bertz CT molecular complexity index is 922. The highest BCUT2D eigenvalue weighted by Crippen LogP contribution is 2.43. The van der Waals surface area contributed by atoms with Crippen molar-refractivity contribution in [3.8, 4) is 11.1 Å². The first kappa shape index (κ1) is 15.3. The largest absolute Gasteiger partial charge is 0.340 e. The molecule has 5 nitrogen and oxygen atoms in total. The summed E-state index contributed by atoms with van der Waals surface area (Å²) in [6.07, 6.45) is 1.03. The molecule has 5 heteroatoms. The van der Waals surface area contributed by atoms with Crippen molar-refractivity contribution in [3.63, 3.8) is 0 Å². The maximum Gasteiger partial charge on any atom is 0.272 e. The van der Waals surface area contributed by atoms with Crippen LogP contribution in [0.2, 0.25) is 0 Å². The molecule has 1 amide bonds. The van der Waals surface area contributed by atoms with Gasteiger partial charge in [0.15, 0.2) is 5.69 Å². The molecule has 2 N–H and O–H groups in total. The number of benzene rings is 2. The molecule has 0 radical (unpaired) electrons. The minimum absolute atomic E-state index is 0.123. The molecular formula is C21H20N4O. The number of hydrogen-bond donors (Lipinski definition) is 2. The maximum atomic E-state index is 12.9. The second-order valence-corrected chi connectivity index (χ2v) is 6.86.